The lowest BCUT2D eigenvalue weighted by molar-refractivity contribution is 0.00449. The van der Waals surface area contributed by atoms with Crippen LogP contribution in [0.2, 0.25) is 5.02 Å². The van der Waals surface area contributed by atoms with Gasteiger partial charge in [-0.3, -0.25) is 9.78 Å². The van der Waals surface area contributed by atoms with Gasteiger partial charge in [0, 0.05) is 18.2 Å². The number of nitrogens with zero attached hydrogens (tertiary/aromatic N) is 3. The number of ether oxygens (including phenoxy) is 1. The van der Waals surface area contributed by atoms with Gasteiger partial charge in [0.25, 0.3) is 6.02 Å². The first-order valence-electron chi connectivity index (χ1n) is 8.79. The van der Waals surface area contributed by atoms with Crippen LogP contribution in [0.4, 0.5) is 13.2 Å². The van der Waals surface area contributed by atoms with Gasteiger partial charge in [0.2, 0.25) is 0 Å². The van der Waals surface area contributed by atoms with Gasteiger partial charge in [-0.1, -0.05) is 17.7 Å². The Hall–Kier alpha value is -3.12. The third-order valence-electron chi connectivity index (χ3n) is 4.81. The van der Waals surface area contributed by atoms with Crippen molar-refractivity contribution in [1.82, 2.24) is 4.98 Å². The van der Waals surface area contributed by atoms with Crippen LogP contribution >= 0.6 is 11.6 Å². The average molecular weight is 437 g/mol. The lowest BCUT2D eigenvalue weighted by Crippen LogP contribution is -2.50. The third kappa shape index (κ3) is 3.96. The first-order valence-corrected chi connectivity index (χ1v) is 9.17. The molecular weight excluding hydrogens is 421 g/mol. The molecule has 0 radical (unpaired) electrons. The number of carbonyl (C=O) groups excluding carboxylic acids is 1. The Balaban J connectivity index is 1.95. The predicted octanol–water partition coefficient (Wildman–Crippen LogP) is 3.41. The molecule has 1 aromatic carbocycles. The first kappa shape index (κ1) is 21.6. The number of hydrogen-bond donors (Lipinski definition) is 1. The van der Waals surface area contributed by atoms with Gasteiger partial charge in [-0.2, -0.15) is 5.26 Å². The molecule has 2 N–H and O–H groups in total. The highest BCUT2D eigenvalue weighted by molar-refractivity contribution is 6.33. The van der Waals surface area contributed by atoms with Crippen LogP contribution in [0.25, 0.3) is 0 Å². The van der Waals surface area contributed by atoms with Crippen molar-refractivity contribution >= 4 is 23.4 Å². The van der Waals surface area contributed by atoms with E-state index in [0.717, 1.165) is 6.07 Å². The van der Waals surface area contributed by atoms with Crippen molar-refractivity contribution < 1.29 is 22.7 Å². The maximum atomic E-state index is 14.9. The van der Waals surface area contributed by atoms with Crippen LogP contribution in [-0.2, 0) is 16.7 Å². The van der Waals surface area contributed by atoms with Crippen molar-refractivity contribution in [3.63, 3.8) is 0 Å². The van der Waals surface area contributed by atoms with Crippen LogP contribution in [0.3, 0.4) is 0 Å². The van der Waals surface area contributed by atoms with Crippen molar-refractivity contribution in [1.29, 1.82) is 5.26 Å². The molecule has 1 aromatic heterocycles. The van der Waals surface area contributed by atoms with Gasteiger partial charge in [0.05, 0.1) is 10.6 Å². The Morgan fingerprint density at radius 2 is 2.17 bits per heavy atom. The number of Topliss-reactive ketones (excluding diaryl/α,β-unsaturated/α-hetero) is 1. The molecule has 1 aliphatic rings. The number of rotatable bonds is 5. The number of nitriles is 1. The minimum absolute atomic E-state index is 0.00441. The van der Waals surface area contributed by atoms with Gasteiger partial charge < -0.3 is 10.5 Å². The summed E-state index contributed by atoms with van der Waals surface area (Å²) >= 11 is 6.01. The van der Waals surface area contributed by atoms with Crippen LogP contribution in [0.1, 0.15) is 34.1 Å². The molecule has 2 heterocycles. The van der Waals surface area contributed by atoms with Gasteiger partial charge in [0.1, 0.15) is 29.8 Å². The third-order valence-corrected chi connectivity index (χ3v) is 5.09. The standard InChI is InChI=1S/C20H16ClF3N4O2/c1-20(18(24)16(7-22)30-19(26)28-20)12-4-10(2-3-14(12)23)6-15(29)17-13(21)5-11(8-25)9-27-17/h2-5,9,16,18H,6-7H2,1H3,(H2,26,28)/t16-,18+,20-/m1/s1. The average Bonchev–Trinajstić information content (AvgIpc) is 2.71. The van der Waals surface area contributed by atoms with Gasteiger partial charge >= 0.3 is 0 Å². The molecule has 6 nitrogen and oxygen atoms in total. The van der Waals surface area contributed by atoms with E-state index in [1.165, 1.54) is 31.3 Å². The number of ketones is 1. The Bertz CT molecular complexity index is 1070. The summed E-state index contributed by atoms with van der Waals surface area (Å²) in [4.78, 5) is 20.4. The lowest BCUT2D eigenvalue weighted by atomic mass is 9.83. The maximum Gasteiger partial charge on any atom is 0.283 e. The summed E-state index contributed by atoms with van der Waals surface area (Å²) in [6.45, 7) is 0.106. The maximum absolute atomic E-state index is 14.9. The number of hydrogen-bond acceptors (Lipinski definition) is 6. The number of nitrogens with two attached hydrogens (primary N) is 1. The minimum Gasteiger partial charge on any atom is -0.456 e. The van der Waals surface area contributed by atoms with E-state index < -0.39 is 42.1 Å². The molecule has 0 aliphatic carbocycles. The Morgan fingerprint density at radius 1 is 1.43 bits per heavy atom. The summed E-state index contributed by atoms with van der Waals surface area (Å²) in [5.74, 6) is -1.28. The summed E-state index contributed by atoms with van der Waals surface area (Å²) in [5.41, 5.74) is 3.98. The number of halogens is 4. The van der Waals surface area contributed by atoms with Gasteiger partial charge in [-0.05, 0) is 30.7 Å². The quantitative estimate of drug-likeness (QED) is 0.724. The second-order valence-electron chi connectivity index (χ2n) is 6.89. The second-order valence-corrected chi connectivity index (χ2v) is 7.30. The monoisotopic (exact) mass is 436 g/mol. The highest BCUT2D eigenvalue weighted by Crippen LogP contribution is 2.39. The molecular formula is C20H16ClF3N4O2. The molecule has 0 fully saturated rings. The van der Waals surface area contributed by atoms with E-state index in [1.54, 1.807) is 0 Å². The molecule has 0 amide bonds. The van der Waals surface area contributed by atoms with Gasteiger partial charge in [0.15, 0.2) is 18.1 Å². The largest absolute Gasteiger partial charge is 0.456 e. The van der Waals surface area contributed by atoms with Crippen molar-refractivity contribution in [3.8, 4) is 6.07 Å². The van der Waals surface area contributed by atoms with Crippen molar-refractivity contribution in [2.24, 2.45) is 10.7 Å². The zero-order valence-electron chi connectivity index (χ0n) is 15.7. The number of aromatic nitrogens is 1. The van der Waals surface area contributed by atoms with Crippen molar-refractivity contribution in [2.75, 3.05) is 6.67 Å². The molecule has 156 valence electrons. The molecule has 0 saturated carbocycles. The smallest absolute Gasteiger partial charge is 0.283 e. The Kier molecular flexibility index (Phi) is 5.99. The van der Waals surface area contributed by atoms with Gasteiger partial charge in [-0.15, -0.1) is 0 Å². The van der Waals surface area contributed by atoms with Gasteiger partial charge in [-0.25, -0.2) is 18.2 Å². The van der Waals surface area contributed by atoms with E-state index in [2.05, 4.69) is 9.98 Å². The van der Waals surface area contributed by atoms with Crippen molar-refractivity contribution in [2.45, 2.75) is 31.2 Å². The van der Waals surface area contributed by atoms with Crippen LogP contribution in [0, 0.1) is 17.1 Å². The molecule has 0 saturated heterocycles. The SMILES string of the molecule is C[C@]1(c2cc(CC(=O)c3ncc(C#N)cc3Cl)ccc2F)N=C(N)O[C@H](CF)[C@@H]1F. The zero-order valence-corrected chi connectivity index (χ0v) is 16.5. The van der Waals surface area contributed by atoms with E-state index >= 15 is 0 Å². The second kappa shape index (κ2) is 8.32. The highest BCUT2D eigenvalue weighted by atomic mass is 35.5. The molecule has 0 unspecified atom stereocenters. The molecule has 3 atom stereocenters. The molecule has 0 spiro atoms. The van der Waals surface area contributed by atoms with Crippen LogP contribution < -0.4 is 5.73 Å². The lowest BCUT2D eigenvalue weighted by Gasteiger charge is -2.37. The number of amidine groups is 1. The van der Waals surface area contributed by atoms with Crippen LogP contribution in [0.5, 0.6) is 0 Å². The first-order chi connectivity index (χ1) is 14.2. The fraction of sp³-hybridized carbons (Fsp3) is 0.300. The molecule has 2 aromatic rings. The topological polar surface area (TPSA) is 101 Å². The summed E-state index contributed by atoms with van der Waals surface area (Å²) in [6.07, 6.45) is -2.55. The van der Waals surface area contributed by atoms with E-state index in [9.17, 15) is 18.0 Å². The molecule has 30 heavy (non-hydrogen) atoms. The molecule has 10 heteroatoms. The van der Waals surface area contributed by atoms with E-state index in [1.807, 2.05) is 6.07 Å². The van der Waals surface area contributed by atoms with E-state index in [4.69, 9.17) is 27.3 Å². The summed E-state index contributed by atoms with van der Waals surface area (Å²) in [7, 11) is 0. The number of carbonyl (C=O) groups is 1. The molecule has 1 aliphatic heterocycles. The van der Waals surface area contributed by atoms with Crippen LogP contribution in [-0.4, -0.2) is 35.7 Å². The highest BCUT2D eigenvalue weighted by Gasteiger charge is 2.48. The fourth-order valence-corrected chi connectivity index (χ4v) is 3.53. The molecule has 3 rings (SSSR count). The Labute approximate surface area is 175 Å². The summed E-state index contributed by atoms with van der Waals surface area (Å²) in [5, 5.41) is 8.86. The van der Waals surface area contributed by atoms with Crippen LogP contribution in [0.15, 0.2) is 35.5 Å². The summed E-state index contributed by atoms with van der Waals surface area (Å²) in [6, 6.07) is 6.40. The van der Waals surface area contributed by atoms with E-state index in [-0.39, 0.29) is 28.3 Å². The van der Waals surface area contributed by atoms with E-state index in [0.29, 0.717) is 5.56 Å². The number of pyridine rings is 1. The normalized spacial score (nSPS) is 23.3. The number of alkyl halides is 2. The summed E-state index contributed by atoms with van der Waals surface area (Å²) < 4.78 is 47.5. The fourth-order valence-electron chi connectivity index (χ4n) is 3.26. The zero-order chi connectivity index (χ0) is 22.1. The predicted molar refractivity (Wildman–Crippen MR) is 103 cm³/mol. The Morgan fingerprint density at radius 3 is 2.80 bits per heavy atom. The number of benzene rings is 1. The molecule has 0 bridgehead atoms. The minimum atomic E-state index is -2.01. The number of aliphatic imine (C=N–C) groups is 1. The van der Waals surface area contributed by atoms with Crippen molar-refractivity contribution in [3.05, 3.63) is 63.7 Å².